The van der Waals surface area contributed by atoms with E-state index in [4.69, 9.17) is 4.74 Å². The number of carbonyl (C=O) groups is 1. The fraction of sp³-hybridized carbons (Fsp3) is 0.500. The molecule has 0 saturated carbocycles. The van der Waals surface area contributed by atoms with E-state index >= 15 is 0 Å². The number of morpholine rings is 1. The van der Waals surface area contributed by atoms with Gasteiger partial charge in [-0.2, -0.15) is 4.98 Å². The summed E-state index contributed by atoms with van der Waals surface area (Å²) < 4.78 is 6.78. The molecule has 3 heterocycles. The molecule has 3 rings (SSSR count). The van der Waals surface area contributed by atoms with Gasteiger partial charge in [0, 0.05) is 18.4 Å². The van der Waals surface area contributed by atoms with Crippen LogP contribution in [0.25, 0.3) is 5.78 Å². The van der Waals surface area contributed by atoms with E-state index in [0.717, 1.165) is 5.69 Å². The summed E-state index contributed by atoms with van der Waals surface area (Å²) in [5.41, 5.74) is 0.849. The van der Waals surface area contributed by atoms with Crippen molar-refractivity contribution < 1.29 is 14.6 Å². The van der Waals surface area contributed by atoms with Gasteiger partial charge in [0.05, 0.1) is 25.9 Å². The maximum Gasteiger partial charge on any atom is 0.294 e. The number of hydrogen-bond donors (Lipinski definition) is 1. The second-order valence-corrected chi connectivity index (χ2v) is 4.64. The van der Waals surface area contributed by atoms with Crippen LogP contribution < -0.4 is 0 Å². The molecule has 2 aromatic heterocycles. The minimum atomic E-state index is -0.350. The zero-order valence-electron chi connectivity index (χ0n) is 11.1. The molecule has 0 bridgehead atoms. The first-order valence-electron chi connectivity index (χ1n) is 6.38. The lowest BCUT2D eigenvalue weighted by Gasteiger charge is -2.33. The topological polar surface area (TPSA) is 92.9 Å². The summed E-state index contributed by atoms with van der Waals surface area (Å²) in [4.78, 5) is 22.2. The van der Waals surface area contributed by atoms with Crippen molar-refractivity contribution in [1.29, 1.82) is 0 Å². The number of hydrogen-bond acceptors (Lipinski definition) is 6. The van der Waals surface area contributed by atoms with Gasteiger partial charge in [0.2, 0.25) is 5.82 Å². The van der Waals surface area contributed by atoms with E-state index in [1.54, 1.807) is 17.2 Å². The minimum Gasteiger partial charge on any atom is -0.394 e. The molecule has 8 heteroatoms. The summed E-state index contributed by atoms with van der Waals surface area (Å²) in [5, 5.41) is 13.5. The molecule has 106 valence electrons. The lowest BCUT2D eigenvalue weighted by Crippen LogP contribution is -2.50. The number of aliphatic hydroxyl groups is 1. The standard InChI is InChI=1S/C12H15N5O3/c1-8-2-3-13-12-14-10(15-17(8)12)11(19)16-4-5-20-7-9(16)6-18/h2-3,9,18H,4-7H2,1H3. The number of amides is 1. The number of aromatic nitrogens is 4. The molecule has 0 aliphatic carbocycles. The van der Waals surface area contributed by atoms with Gasteiger partial charge in [0.1, 0.15) is 0 Å². The van der Waals surface area contributed by atoms with Crippen LogP contribution in [-0.4, -0.2) is 67.9 Å². The Morgan fingerprint density at radius 1 is 1.60 bits per heavy atom. The second kappa shape index (κ2) is 5.14. The smallest absolute Gasteiger partial charge is 0.294 e. The van der Waals surface area contributed by atoms with E-state index in [1.807, 2.05) is 6.92 Å². The second-order valence-electron chi connectivity index (χ2n) is 4.64. The highest BCUT2D eigenvalue weighted by Gasteiger charge is 2.30. The van der Waals surface area contributed by atoms with Gasteiger partial charge in [-0.15, -0.1) is 5.10 Å². The molecular weight excluding hydrogens is 262 g/mol. The van der Waals surface area contributed by atoms with Gasteiger partial charge in [-0.25, -0.2) is 9.50 Å². The molecule has 1 saturated heterocycles. The number of carbonyl (C=O) groups excluding carboxylic acids is 1. The Labute approximate surface area is 115 Å². The third kappa shape index (κ3) is 2.12. The SMILES string of the molecule is Cc1ccnc2nc(C(=O)N3CCOCC3CO)nn12. The molecule has 1 N–H and O–H groups in total. The molecule has 8 nitrogen and oxygen atoms in total. The van der Waals surface area contributed by atoms with Crippen LogP contribution in [0.15, 0.2) is 12.3 Å². The van der Waals surface area contributed by atoms with Crippen LogP contribution in [0, 0.1) is 6.92 Å². The molecular formula is C12H15N5O3. The normalized spacial score (nSPS) is 19.5. The predicted molar refractivity (Wildman–Crippen MR) is 68.2 cm³/mol. The quantitative estimate of drug-likeness (QED) is 0.777. The van der Waals surface area contributed by atoms with E-state index in [-0.39, 0.29) is 24.4 Å². The third-order valence-electron chi connectivity index (χ3n) is 3.32. The predicted octanol–water partition coefficient (Wildman–Crippen LogP) is -0.734. The first-order valence-corrected chi connectivity index (χ1v) is 6.38. The molecule has 0 spiro atoms. The van der Waals surface area contributed by atoms with E-state index in [0.29, 0.717) is 25.5 Å². The lowest BCUT2D eigenvalue weighted by atomic mass is 10.2. The zero-order valence-corrected chi connectivity index (χ0v) is 11.1. The van der Waals surface area contributed by atoms with Crippen LogP contribution in [-0.2, 0) is 4.74 Å². The summed E-state index contributed by atoms with van der Waals surface area (Å²) in [5.74, 6) is 0.173. The third-order valence-corrected chi connectivity index (χ3v) is 3.32. The minimum absolute atomic E-state index is 0.0900. The van der Waals surface area contributed by atoms with Gasteiger partial charge in [-0.3, -0.25) is 4.79 Å². The van der Waals surface area contributed by atoms with E-state index < -0.39 is 0 Å². The molecule has 0 aromatic carbocycles. The Balaban J connectivity index is 1.93. The average Bonchev–Trinajstić information content (AvgIpc) is 2.92. The summed E-state index contributed by atoms with van der Waals surface area (Å²) in [6.07, 6.45) is 1.62. The Morgan fingerprint density at radius 2 is 2.45 bits per heavy atom. The van der Waals surface area contributed by atoms with Gasteiger partial charge in [0.15, 0.2) is 0 Å². The number of ether oxygens (including phenoxy) is 1. The molecule has 1 unspecified atom stereocenters. The highest BCUT2D eigenvalue weighted by Crippen LogP contribution is 2.11. The molecule has 1 aliphatic heterocycles. The maximum atomic E-state index is 12.4. The van der Waals surface area contributed by atoms with Crippen molar-refractivity contribution in [2.75, 3.05) is 26.4 Å². The lowest BCUT2D eigenvalue weighted by molar-refractivity contribution is -0.0189. The first kappa shape index (κ1) is 12.9. The summed E-state index contributed by atoms with van der Waals surface area (Å²) in [6.45, 7) is 2.92. The Bertz CT molecular complexity index is 641. The molecule has 20 heavy (non-hydrogen) atoms. The Hall–Kier alpha value is -2.06. The van der Waals surface area contributed by atoms with Crippen molar-refractivity contribution in [3.63, 3.8) is 0 Å². The van der Waals surface area contributed by atoms with Crippen LogP contribution in [0.5, 0.6) is 0 Å². The summed E-state index contributed by atoms with van der Waals surface area (Å²) in [7, 11) is 0. The van der Waals surface area contributed by atoms with E-state index in [2.05, 4.69) is 15.1 Å². The van der Waals surface area contributed by atoms with Crippen molar-refractivity contribution in [2.24, 2.45) is 0 Å². The van der Waals surface area contributed by atoms with Gasteiger partial charge in [0.25, 0.3) is 11.7 Å². The van der Waals surface area contributed by atoms with E-state index in [1.165, 1.54) is 4.52 Å². The number of rotatable bonds is 2. The molecule has 2 aromatic rings. The van der Waals surface area contributed by atoms with Crippen molar-refractivity contribution >= 4 is 11.7 Å². The van der Waals surface area contributed by atoms with Crippen molar-refractivity contribution in [3.05, 3.63) is 23.8 Å². The monoisotopic (exact) mass is 277 g/mol. The van der Waals surface area contributed by atoms with Crippen LogP contribution in [0.3, 0.4) is 0 Å². The number of aliphatic hydroxyl groups excluding tert-OH is 1. The highest BCUT2D eigenvalue weighted by atomic mass is 16.5. The number of nitrogens with zero attached hydrogens (tertiary/aromatic N) is 5. The average molecular weight is 277 g/mol. The summed E-state index contributed by atoms with van der Waals surface area (Å²) in [6, 6.07) is 1.44. The molecule has 0 radical (unpaired) electrons. The van der Waals surface area contributed by atoms with Crippen LogP contribution in [0.4, 0.5) is 0 Å². The first-order chi connectivity index (χ1) is 9.70. The largest absolute Gasteiger partial charge is 0.394 e. The maximum absolute atomic E-state index is 12.4. The highest BCUT2D eigenvalue weighted by molar-refractivity contribution is 5.91. The molecule has 1 fully saturated rings. The Morgan fingerprint density at radius 3 is 3.20 bits per heavy atom. The van der Waals surface area contributed by atoms with Gasteiger partial charge in [-0.1, -0.05) is 0 Å². The van der Waals surface area contributed by atoms with Crippen LogP contribution in [0.1, 0.15) is 16.3 Å². The van der Waals surface area contributed by atoms with Crippen molar-refractivity contribution in [2.45, 2.75) is 13.0 Å². The number of aryl methyl sites for hydroxylation is 1. The van der Waals surface area contributed by atoms with Gasteiger partial charge in [-0.05, 0) is 13.0 Å². The van der Waals surface area contributed by atoms with Crippen LogP contribution in [0.2, 0.25) is 0 Å². The molecule has 1 atom stereocenters. The molecule has 1 aliphatic rings. The molecule has 1 amide bonds. The van der Waals surface area contributed by atoms with Crippen molar-refractivity contribution in [1.82, 2.24) is 24.5 Å². The fourth-order valence-corrected chi connectivity index (χ4v) is 2.20. The van der Waals surface area contributed by atoms with Crippen molar-refractivity contribution in [3.8, 4) is 0 Å². The van der Waals surface area contributed by atoms with Gasteiger partial charge < -0.3 is 14.7 Å². The van der Waals surface area contributed by atoms with Crippen LogP contribution >= 0.6 is 0 Å². The fourth-order valence-electron chi connectivity index (χ4n) is 2.20. The zero-order chi connectivity index (χ0) is 14.1. The van der Waals surface area contributed by atoms with E-state index in [9.17, 15) is 9.90 Å². The number of fused-ring (bicyclic) bond motifs is 1. The van der Waals surface area contributed by atoms with Gasteiger partial charge >= 0.3 is 0 Å². The Kier molecular flexibility index (Phi) is 3.33. The summed E-state index contributed by atoms with van der Waals surface area (Å²) >= 11 is 0.